The monoisotopic (exact) mass is 528 g/mol. The first-order valence-electron chi connectivity index (χ1n) is 11.0. The molecule has 2 unspecified atom stereocenters. The zero-order valence-electron chi connectivity index (χ0n) is 18.8. The summed E-state index contributed by atoms with van der Waals surface area (Å²) in [4.78, 5) is 15.4. The van der Waals surface area contributed by atoms with Gasteiger partial charge in [-0.05, 0) is 30.0 Å². The Kier molecular flexibility index (Phi) is 7.75. The number of carbonyl (C=O) groups excluding carboxylic acids is 1. The summed E-state index contributed by atoms with van der Waals surface area (Å²) in [5, 5.41) is 0. The third-order valence-electron chi connectivity index (χ3n) is 6.16. The molecule has 4 rings (SSSR count). The second-order valence-corrected chi connectivity index (χ2v) is 13.5. The number of benzene rings is 1. The molecule has 9 nitrogen and oxygen atoms in total. The average molecular weight is 529 g/mol. The summed E-state index contributed by atoms with van der Waals surface area (Å²) in [6, 6.07) is 12.5. The molecule has 2 aliphatic heterocycles. The van der Waals surface area contributed by atoms with E-state index in [1.807, 2.05) is 30.3 Å². The molecule has 12 heteroatoms. The molecule has 34 heavy (non-hydrogen) atoms. The van der Waals surface area contributed by atoms with E-state index in [1.54, 1.807) is 4.90 Å². The molecule has 1 amide bonds. The molecular weight excluding hydrogens is 500 g/mol. The van der Waals surface area contributed by atoms with Crippen LogP contribution in [-0.2, 0) is 39.6 Å². The molecule has 186 valence electrons. The van der Waals surface area contributed by atoms with Crippen LogP contribution in [0.3, 0.4) is 0 Å². The quantitative estimate of drug-likeness (QED) is 0.505. The largest absolute Gasteiger partial charge is 0.378 e. The summed E-state index contributed by atoms with van der Waals surface area (Å²) in [5.41, 5.74) is 0.986. The molecule has 0 radical (unpaired) electrons. The molecule has 2 fully saturated rings. The lowest BCUT2D eigenvalue weighted by Crippen LogP contribution is -2.51. The highest BCUT2D eigenvalue weighted by atomic mass is 32.2. The van der Waals surface area contributed by atoms with E-state index in [2.05, 4.69) is 4.18 Å². The lowest BCUT2D eigenvalue weighted by molar-refractivity contribution is -0.141. The van der Waals surface area contributed by atoms with Gasteiger partial charge in [0.25, 0.3) is 20.1 Å². The van der Waals surface area contributed by atoms with Crippen molar-refractivity contribution in [1.29, 1.82) is 0 Å². The minimum absolute atomic E-state index is 0.0535. The number of sulfonamides is 1. The maximum absolute atomic E-state index is 13.6. The van der Waals surface area contributed by atoms with Gasteiger partial charge in [-0.3, -0.25) is 8.98 Å². The molecule has 3 heterocycles. The molecule has 0 N–H and O–H groups in total. The number of thiophene rings is 1. The predicted molar refractivity (Wildman–Crippen MR) is 127 cm³/mol. The first-order valence-corrected chi connectivity index (χ1v) is 14.8. The van der Waals surface area contributed by atoms with Crippen LogP contribution in [0.1, 0.15) is 22.8 Å². The molecule has 0 saturated carbocycles. The number of amides is 1. The highest BCUT2D eigenvalue weighted by Crippen LogP contribution is 2.36. The van der Waals surface area contributed by atoms with Crippen molar-refractivity contribution in [3.63, 3.8) is 0 Å². The van der Waals surface area contributed by atoms with Crippen LogP contribution in [0.2, 0.25) is 0 Å². The zero-order valence-corrected chi connectivity index (χ0v) is 21.3. The molecule has 1 aromatic carbocycles. The lowest BCUT2D eigenvalue weighted by Gasteiger charge is -2.39. The van der Waals surface area contributed by atoms with Crippen molar-refractivity contribution < 1.29 is 30.6 Å². The molecule has 2 atom stereocenters. The van der Waals surface area contributed by atoms with Crippen LogP contribution >= 0.6 is 11.3 Å². The number of morpholine rings is 1. The van der Waals surface area contributed by atoms with Crippen molar-refractivity contribution in [2.45, 2.75) is 22.3 Å². The summed E-state index contributed by atoms with van der Waals surface area (Å²) in [5.74, 6) is -1.05. The van der Waals surface area contributed by atoms with Gasteiger partial charge in [-0.25, -0.2) is 8.42 Å². The fraction of sp³-hybridized carbons (Fsp3) is 0.500. The van der Waals surface area contributed by atoms with Gasteiger partial charge in [0.1, 0.15) is 9.96 Å². The van der Waals surface area contributed by atoms with E-state index < -0.39 is 31.8 Å². The fourth-order valence-corrected chi connectivity index (χ4v) is 8.44. The third-order valence-corrected chi connectivity index (χ3v) is 10.9. The Morgan fingerprint density at radius 2 is 1.76 bits per heavy atom. The Morgan fingerprint density at radius 1 is 1.06 bits per heavy atom. The Labute approximate surface area is 204 Å². The SMILES string of the molecule is COS(=O)(=O)Cc1ccc(S(=O)(=O)N2CC(C(=O)N3CCOCC3)CC(c3ccccc3)C2)s1. The number of nitrogens with zero attached hydrogens (tertiary/aromatic N) is 2. The van der Waals surface area contributed by atoms with Crippen molar-refractivity contribution in [2.75, 3.05) is 46.5 Å². The van der Waals surface area contributed by atoms with Crippen molar-refractivity contribution in [2.24, 2.45) is 5.92 Å². The van der Waals surface area contributed by atoms with E-state index in [1.165, 1.54) is 16.4 Å². The number of piperidine rings is 1. The van der Waals surface area contributed by atoms with E-state index in [9.17, 15) is 21.6 Å². The Bertz CT molecular complexity index is 1210. The average Bonchev–Trinajstić information content (AvgIpc) is 3.33. The molecule has 2 saturated heterocycles. The van der Waals surface area contributed by atoms with E-state index in [0.29, 0.717) is 37.6 Å². The van der Waals surface area contributed by atoms with E-state index in [-0.39, 0.29) is 29.1 Å². The minimum Gasteiger partial charge on any atom is -0.378 e. The topological polar surface area (TPSA) is 110 Å². The van der Waals surface area contributed by atoms with E-state index in [4.69, 9.17) is 4.74 Å². The summed E-state index contributed by atoms with van der Waals surface area (Å²) in [6.45, 7) is 2.30. The number of hydrogen-bond donors (Lipinski definition) is 0. The Hall–Kier alpha value is -1.83. The van der Waals surface area contributed by atoms with Gasteiger partial charge in [0.2, 0.25) is 5.91 Å². The maximum Gasteiger partial charge on any atom is 0.272 e. The van der Waals surface area contributed by atoms with Gasteiger partial charge in [-0.1, -0.05) is 30.3 Å². The van der Waals surface area contributed by atoms with Crippen molar-refractivity contribution in [3.8, 4) is 0 Å². The van der Waals surface area contributed by atoms with Crippen LogP contribution < -0.4 is 0 Å². The van der Waals surface area contributed by atoms with Crippen LogP contribution in [0, 0.1) is 5.92 Å². The summed E-state index contributed by atoms with van der Waals surface area (Å²) in [6.07, 6.45) is 0.563. The first kappa shape index (κ1) is 25.3. The highest BCUT2D eigenvalue weighted by molar-refractivity contribution is 7.91. The fourth-order valence-electron chi connectivity index (χ4n) is 4.38. The van der Waals surface area contributed by atoms with Crippen LogP contribution in [-0.4, -0.2) is 78.5 Å². The molecule has 0 bridgehead atoms. The van der Waals surface area contributed by atoms with Crippen LogP contribution in [0.15, 0.2) is 46.7 Å². The van der Waals surface area contributed by atoms with Crippen LogP contribution in [0.4, 0.5) is 0 Å². The summed E-state index contributed by atoms with van der Waals surface area (Å²) >= 11 is 0.910. The summed E-state index contributed by atoms with van der Waals surface area (Å²) < 4.78 is 61.9. The molecule has 0 spiro atoms. The molecule has 0 aliphatic carbocycles. The molecule has 2 aromatic rings. The number of carbonyl (C=O) groups is 1. The molecular formula is C22H28N2O7S3. The number of ether oxygens (including phenoxy) is 1. The smallest absolute Gasteiger partial charge is 0.272 e. The second-order valence-electron chi connectivity index (χ2n) is 8.39. The maximum atomic E-state index is 13.6. The second kappa shape index (κ2) is 10.4. The van der Waals surface area contributed by atoms with Crippen LogP contribution in [0.5, 0.6) is 0 Å². The van der Waals surface area contributed by atoms with Gasteiger partial charge in [0.05, 0.1) is 26.2 Å². The van der Waals surface area contributed by atoms with Gasteiger partial charge in [-0.2, -0.15) is 12.7 Å². The zero-order chi connectivity index (χ0) is 24.3. The Balaban J connectivity index is 1.61. The minimum atomic E-state index is -3.92. The van der Waals surface area contributed by atoms with Gasteiger partial charge in [0, 0.05) is 31.1 Å². The normalized spacial score (nSPS) is 22.6. The van der Waals surface area contributed by atoms with Crippen LogP contribution in [0.25, 0.3) is 0 Å². The lowest BCUT2D eigenvalue weighted by atomic mass is 9.85. The highest BCUT2D eigenvalue weighted by Gasteiger charge is 2.40. The molecule has 1 aromatic heterocycles. The summed E-state index contributed by atoms with van der Waals surface area (Å²) in [7, 11) is -6.61. The van der Waals surface area contributed by atoms with Crippen molar-refractivity contribution in [1.82, 2.24) is 9.21 Å². The standard InChI is InChI=1S/C22H28N2O7S3/c1-30-33(26,27)16-20-7-8-21(32-20)34(28,29)24-14-18(17-5-3-2-4-6-17)13-19(15-24)22(25)23-9-11-31-12-10-23/h2-8,18-19H,9-16H2,1H3. The Morgan fingerprint density at radius 3 is 2.44 bits per heavy atom. The van der Waals surface area contributed by atoms with Gasteiger partial charge < -0.3 is 9.64 Å². The van der Waals surface area contributed by atoms with Gasteiger partial charge >= 0.3 is 0 Å². The molecule has 2 aliphatic rings. The number of hydrogen-bond acceptors (Lipinski definition) is 8. The first-order chi connectivity index (χ1) is 16.2. The predicted octanol–water partition coefficient (Wildman–Crippen LogP) is 1.88. The van der Waals surface area contributed by atoms with E-state index >= 15 is 0 Å². The van der Waals surface area contributed by atoms with Crippen molar-refractivity contribution in [3.05, 3.63) is 52.9 Å². The number of rotatable bonds is 7. The van der Waals surface area contributed by atoms with E-state index in [0.717, 1.165) is 24.0 Å². The third kappa shape index (κ3) is 5.69. The van der Waals surface area contributed by atoms with Gasteiger partial charge in [-0.15, -0.1) is 11.3 Å². The van der Waals surface area contributed by atoms with Gasteiger partial charge in [0.15, 0.2) is 0 Å². The van der Waals surface area contributed by atoms with Crippen molar-refractivity contribution >= 4 is 37.4 Å².